The van der Waals surface area contributed by atoms with Crippen molar-refractivity contribution in [2.75, 3.05) is 6.54 Å². The number of hydrogen-bond acceptors (Lipinski definition) is 2. The Labute approximate surface area is 150 Å². The van der Waals surface area contributed by atoms with Crippen LogP contribution in [0.1, 0.15) is 32.4 Å². The molecular weight excluding hydrogens is 338 g/mol. The van der Waals surface area contributed by atoms with Crippen molar-refractivity contribution in [1.29, 1.82) is 0 Å². The molecule has 0 fully saturated rings. The molecule has 2 aromatic carbocycles. The molecule has 4 heteroatoms. The Morgan fingerprint density at radius 3 is 2.50 bits per heavy atom. The molecule has 2 heterocycles. The SMILES string of the molecule is O=C(c1cccs1)N1CCc2ccccc2C1c1ccccc1Cl. The molecule has 1 aromatic heterocycles. The Morgan fingerprint density at radius 1 is 1.00 bits per heavy atom. The van der Waals surface area contributed by atoms with Crippen LogP contribution in [0.4, 0.5) is 0 Å². The van der Waals surface area contributed by atoms with Crippen molar-refractivity contribution < 1.29 is 4.79 Å². The molecular formula is C20H16ClNOS. The van der Waals surface area contributed by atoms with Gasteiger partial charge < -0.3 is 4.90 Å². The molecule has 2 nitrogen and oxygen atoms in total. The first kappa shape index (κ1) is 15.4. The highest BCUT2D eigenvalue weighted by Crippen LogP contribution is 2.39. The van der Waals surface area contributed by atoms with Gasteiger partial charge in [-0.25, -0.2) is 0 Å². The molecule has 1 atom stereocenters. The second-order valence-corrected chi connectivity index (χ2v) is 7.20. The van der Waals surface area contributed by atoms with E-state index in [0.717, 1.165) is 16.9 Å². The summed E-state index contributed by atoms with van der Waals surface area (Å²) in [6.45, 7) is 0.698. The number of fused-ring (bicyclic) bond motifs is 1. The summed E-state index contributed by atoms with van der Waals surface area (Å²) in [4.78, 5) is 15.8. The van der Waals surface area contributed by atoms with Crippen LogP contribution in [0.25, 0.3) is 0 Å². The maximum Gasteiger partial charge on any atom is 0.264 e. The summed E-state index contributed by atoms with van der Waals surface area (Å²) in [6, 6.07) is 19.8. The standard InChI is InChI=1S/C20H16ClNOS/c21-17-9-4-3-8-16(17)19-15-7-2-1-6-14(15)11-12-22(19)20(23)18-10-5-13-24-18/h1-10,13,19H,11-12H2. The smallest absolute Gasteiger partial charge is 0.264 e. The summed E-state index contributed by atoms with van der Waals surface area (Å²) in [5.41, 5.74) is 3.44. The van der Waals surface area contributed by atoms with E-state index >= 15 is 0 Å². The van der Waals surface area contributed by atoms with Gasteiger partial charge in [0, 0.05) is 11.6 Å². The van der Waals surface area contributed by atoms with Gasteiger partial charge in [-0.1, -0.05) is 60.1 Å². The van der Waals surface area contributed by atoms with E-state index in [2.05, 4.69) is 18.2 Å². The van der Waals surface area contributed by atoms with Gasteiger partial charge in [0.15, 0.2) is 0 Å². The quantitative estimate of drug-likeness (QED) is 0.621. The predicted molar refractivity (Wildman–Crippen MR) is 98.8 cm³/mol. The van der Waals surface area contributed by atoms with Crippen LogP contribution in [0.15, 0.2) is 66.0 Å². The number of carbonyl (C=O) groups is 1. The Bertz CT molecular complexity index is 875. The summed E-state index contributed by atoms with van der Waals surface area (Å²) in [7, 11) is 0. The van der Waals surface area contributed by atoms with Gasteiger partial charge in [-0.05, 0) is 40.6 Å². The fourth-order valence-corrected chi connectivity index (χ4v) is 4.28. The monoisotopic (exact) mass is 353 g/mol. The minimum Gasteiger partial charge on any atom is -0.326 e. The molecule has 1 aliphatic heterocycles. The molecule has 1 amide bonds. The summed E-state index contributed by atoms with van der Waals surface area (Å²) in [5.74, 6) is 0.0735. The molecule has 3 aromatic rings. The van der Waals surface area contributed by atoms with Crippen molar-refractivity contribution in [2.45, 2.75) is 12.5 Å². The number of halogens is 1. The molecule has 0 aliphatic carbocycles. The second-order valence-electron chi connectivity index (χ2n) is 5.85. The second kappa shape index (κ2) is 6.42. The molecule has 4 rings (SSSR count). The highest BCUT2D eigenvalue weighted by molar-refractivity contribution is 7.12. The van der Waals surface area contributed by atoms with Gasteiger partial charge in [-0.2, -0.15) is 0 Å². The van der Waals surface area contributed by atoms with Crippen LogP contribution in [0.2, 0.25) is 5.02 Å². The summed E-state index contributed by atoms with van der Waals surface area (Å²) >= 11 is 7.97. The van der Waals surface area contributed by atoms with E-state index in [9.17, 15) is 4.79 Å². The van der Waals surface area contributed by atoms with E-state index in [1.165, 1.54) is 22.5 Å². The summed E-state index contributed by atoms with van der Waals surface area (Å²) < 4.78 is 0. The van der Waals surface area contributed by atoms with Crippen molar-refractivity contribution in [2.24, 2.45) is 0 Å². The lowest BCUT2D eigenvalue weighted by atomic mass is 9.88. The number of carbonyl (C=O) groups excluding carboxylic acids is 1. The van der Waals surface area contributed by atoms with Gasteiger partial charge >= 0.3 is 0 Å². The zero-order chi connectivity index (χ0) is 16.5. The highest BCUT2D eigenvalue weighted by atomic mass is 35.5. The zero-order valence-electron chi connectivity index (χ0n) is 13.0. The molecule has 120 valence electrons. The van der Waals surface area contributed by atoms with E-state index in [1.54, 1.807) is 0 Å². The van der Waals surface area contributed by atoms with Crippen LogP contribution in [-0.4, -0.2) is 17.4 Å². The number of hydrogen-bond donors (Lipinski definition) is 0. The van der Waals surface area contributed by atoms with Gasteiger partial charge in [0.25, 0.3) is 5.91 Å². The molecule has 0 radical (unpaired) electrons. The van der Waals surface area contributed by atoms with Crippen molar-refractivity contribution >= 4 is 28.8 Å². The lowest BCUT2D eigenvalue weighted by Gasteiger charge is -2.38. The molecule has 1 unspecified atom stereocenters. The van der Waals surface area contributed by atoms with E-state index < -0.39 is 0 Å². The molecule has 24 heavy (non-hydrogen) atoms. The normalized spacial score (nSPS) is 16.7. The average molecular weight is 354 g/mol. The first-order valence-corrected chi connectivity index (χ1v) is 9.18. The van der Waals surface area contributed by atoms with Gasteiger partial charge in [0.05, 0.1) is 10.9 Å². The minimum absolute atomic E-state index is 0.0735. The van der Waals surface area contributed by atoms with Crippen molar-refractivity contribution in [1.82, 2.24) is 4.90 Å². The summed E-state index contributed by atoms with van der Waals surface area (Å²) in [5, 5.41) is 2.64. The van der Waals surface area contributed by atoms with Crippen LogP contribution in [-0.2, 0) is 6.42 Å². The number of nitrogens with zero attached hydrogens (tertiary/aromatic N) is 1. The molecule has 0 saturated carbocycles. The average Bonchev–Trinajstić information content (AvgIpc) is 3.15. The topological polar surface area (TPSA) is 20.3 Å². The largest absolute Gasteiger partial charge is 0.326 e. The first-order valence-electron chi connectivity index (χ1n) is 7.92. The van der Waals surface area contributed by atoms with E-state index in [4.69, 9.17) is 11.6 Å². The van der Waals surface area contributed by atoms with Crippen molar-refractivity contribution in [3.63, 3.8) is 0 Å². The van der Waals surface area contributed by atoms with Crippen LogP contribution < -0.4 is 0 Å². The number of benzene rings is 2. The first-order chi connectivity index (χ1) is 11.8. The van der Waals surface area contributed by atoms with E-state index in [-0.39, 0.29) is 11.9 Å². The highest BCUT2D eigenvalue weighted by Gasteiger charge is 2.33. The fraction of sp³-hybridized carbons (Fsp3) is 0.150. The van der Waals surface area contributed by atoms with Crippen molar-refractivity contribution in [3.8, 4) is 0 Å². The van der Waals surface area contributed by atoms with E-state index in [1.807, 2.05) is 52.7 Å². The number of rotatable bonds is 2. The Hall–Kier alpha value is -2.10. The van der Waals surface area contributed by atoms with Gasteiger partial charge in [0.2, 0.25) is 0 Å². The predicted octanol–water partition coefficient (Wildman–Crippen LogP) is 5.19. The maximum absolute atomic E-state index is 13.1. The zero-order valence-corrected chi connectivity index (χ0v) is 14.6. The molecule has 0 bridgehead atoms. The molecule has 0 spiro atoms. The van der Waals surface area contributed by atoms with Crippen LogP contribution >= 0.6 is 22.9 Å². The van der Waals surface area contributed by atoms with Gasteiger partial charge in [0.1, 0.15) is 0 Å². The Balaban J connectivity index is 1.85. The molecule has 0 N–H and O–H groups in total. The number of amides is 1. The Kier molecular flexibility index (Phi) is 4.13. The summed E-state index contributed by atoms with van der Waals surface area (Å²) in [6.07, 6.45) is 0.869. The fourth-order valence-electron chi connectivity index (χ4n) is 3.36. The number of thiophene rings is 1. The third kappa shape index (κ3) is 2.64. The van der Waals surface area contributed by atoms with Gasteiger partial charge in [-0.15, -0.1) is 11.3 Å². The van der Waals surface area contributed by atoms with Crippen LogP contribution in [0.5, 0.6) is 0 Å². The van der Waals surface area contributed by atoms with E-state index in [0.29, 0.717) is 11.6 Å². The molecule has 1 aliphatic rings. The van der Waals surface area contributed by atoms with Crippen LogP contribution in [0, 0.1) is 0 Å². The van der Waals surface area contributed by atoms with Gasteiger partial charge in [-0.3, -0.25) is 4.79 Å². The minimum atomic E-state index is -0.141. The van der Waals surface area contributed by atoms with Crippen molar-refractivity contribution in [3.05, 3.63) is 92.6 Å². The maximum atomic E-state index is 13.1. The third-order valence-electron chi connectivity index (χ3n) is 4.48. The third-order valence-corrected chi connectivity index (χ3v) is 5.68. The lowest BCUT2D eigenvalue weighted by molar-refractivity contribution is 0.0699. The Morgan fingerprint density at radius 2 is 1.75 bits per heavy atom. The lowest BCUT2D eigenvalue weighted by Crippen LogP contribution is -2.40. The molecule has 0 saturated heterocycles. The van der Waals surface area contributed by atoms with Crippen LogP contribution in [0.3, 0.4) is 0 Å².